The number of nitrogens with one attached hydrogen (secondary N) is 2. The fourth-order valence-corrected chi connectivity index (χ4v) is 3.28. The molecule has 7 heteroatoms. The Morgan fingerprint density at radius 1 is 1.30 bits per heavy atom. The summed E-state index contributed by atoms with van der Waals surface area (Å²) in [4.78, 5) is 14.6. The molecule has 2 heterocycles. The number of rotatable bonds is 7. The van der Waals surface area contributed by atoms with Gasteiger partial charge in [-0.25, -0.2) is 4.98 Å². The first-order valence-electron chi connectivity index (χ1n) is 9.54. The summed E-state index contributed by atoms with van der Waals surface area (Å²) in [7, 11) is 3.93. The van der Waals surface area contributed by atoms with E-state index in [1.54, 1.807) is 11.0 Å². The Hall–Kier alpha value is -2.83. The second-order valence-electron chi connectivity index (χ2n) is 6.65. The lowest BCUT2D eigenvalue weighted by Gasteiger charge is -2.21. The van der Waals surface area contributed by atoms with Crippen LogP contribution in [-0.2, 0) is 26.4 Å². The van der Waals surface area contributed by atoms with Gasteiger partial charge in [0.2, 0.25) is 0 Å². The van der Waals surface area contributed by atoms with E-state index in [1.807, 2.05) is 14.1 Å². The van der Waals surface area contributed by atoms with Crippen LogP contribution in [0.15, 0.2) is 35.7 Å². The number of H-pyrrole nitrogens is 1. The highest BCUT2D eigenvalue weighted by atomic mass is 15.4. The number of guanidine groups is 1. The molecule has 0 saturated heterocycles. The summed E-state index contributed by atoms with van der Waals surface area (Å²) in [6.45, 7) is 6.49. The van der Waals surface area contributed by atoms with E-state index in [1.165, 1.54) is 22.0 Å². The molecule has 3 rings (SSSR count). The Kier molecular flexibility index (Phi) is 6.11. The van der Waals surface area contributed by atoms with Crippen LogP contribution >= 0.6 is 0 Å². The van der Waals surface area contributed by atoms with E-state index < -0.39 is 0 Å². The molecule has 0 unspecified atom stereocenters. The van der Waals surface area contributed by atoms with Crippen LogP contribution in [0.4, 0.5) is 0 Å². The van der Waals surface area contributed by atoms with Gasteiger partial charge < -0.3 is 15.2 Å². The van der Waals surface area contributed by atoms with Crippen molar-refractivity contribution >= 4 is 16.9 Å². The van der Waals surface area contributed by atoms with Gasteiger partial charge in [-0.3, -0.25) is 9.67 Å². The third kappa shape index (κ3) is 4.30. The number of fused-ring (bicyclic) bond motifs is 1. The number of nitrogens with zero attached hydrogens (tertiary/aromatic N) is 5. The van der Waals surface area contributed by atoms with Crippen LogP contribution in [0.3, 0.4) is 0 Å². The lowest BCUT2D eigenvalue weighted by Crippen LogP contribution is -2.39. The number of hydrogen-bond donors (Lipinski definition) is 2. The first-order chi connectivity index (χ1) is 13.1. The first-order valence-corrected chi connectivity index (χ1v) is 9.54. The minimum Gasteiger partial charge on any atom is -0.361 e. The number of aromatic nitrogens is 4. The molecular formula is C20H29N7. The molecule has 144 valence electrons. The average Bonchev–Trinajstić information content (AvgIpc) is 3.27. The molecule has 0 spiro atoms. The van der Waals surface area contributed by atoms with Crippen LogP contribution in [0.5, 0.6) is 0 Å². The topological polar surface area (TPSA) is 74.1 Å². The second kappa shape index (κ2) is 8.70. The maximum atomic E-state index is 4.81. The molecule has 0 radical (unpaired) electrons. The zero-order chi connectivity index (χ0) is 19.2. The Balaban J connectivity index is 1.69. The summed E-state index contributed by atoms with van der Waals surface area (Å²) in [5.41, 5.74) is 3.93. The quantitative estimate of drug-likeness (QED) is 0.497. The molecular weight excluding hydrogens is 338 g/mol. The fourth-order valence-electron chi connectivity index (χ4n) is 3.28. The van der Waals surface area contributed by atoms with Crippen LogP contribution in [0.1, 0.15) is 30.8 Å². The fraction of sp³-hybridized carbons (Fsp3) is 0.450. The van der Waals surface area contributed by atoms with Gasteiger partial charge in [0.25, 0.3) is 0 Å². The highest BCUT2D eigenvalue weighted by Gasteiger charge is 2.10. The molecule has 0 bridgehead atoms. The summed E-state index contributed by atoms with van der Waals surface area (Å²) in [6.07, 6.45) is 5.64. The molecule has 0 aliphatic heterocycles. The van der Waals surface area contributed by atoms with Crippen LogP contribution in [0.2, 0.25) is 0 Å². The second-order valence-corrected chi connectivity index (χ2v) is 6.65. The van der Waals surface area contributed by atoms with Gasteiger partial charge in [0.1, 0.15) is 12.2 Å². The third-order valence-corrected chi connectivity index (χ3v) is 4.79. The Bertz CT molecular complexity index is 906. The SMILES string of the molecule is CCNC(=NCCc1c[nH]c2c(CC)cccc12)N(C)Cc1ncnn1C. The molecule has 0 aliphatic rings. The molecule has 7 nitrogen and oxygen atoms in total. The van der Waals surface area contributed by atoms with Crippen molar-refractivity contribution in [3.05, 3.63) is 47.7 Å². The van der Waals surface area contributed by atoms with Gasteiger partial charge in [-0.05, 0) is 30.9 Å². The van der Waals surface area contributed by atoms with Gasteiger partial charge in [-0.2, -0.15) is 5.10 Å². The number of aliphatic imine (C=N–C) groups is 1. The first kappa shape index (κ1) is 18.9. The van der Waals surface area contributed by atoms with Gasteiger partial charge in [-0.1, -0.05) is 25.1 Å². The minimum absolute atomic E-state index is 0.662. The maximum Gasteiger partial charge on any atom is 0.194 e. The summed E-state index contributed by atoms with van der Waals surface area (Å²) in [5, 5.41) is 8.80. The molecule has 0 aliphatic carbocycles. The molecule has 2 N–H and O–H groups in total. The van der Waals surface area contributed by atoms with Crippen molar-refractivity contribution in [2.45, 2.75) is 33.2 Å². The van der Waals surface area contributed by atoms with E-state index in [-0.39, 0.29) is 0 Å². The van der Waals surface area contributed by atoms with E-state index in [0.717, 1.165) is 37.7 Å². The monoisotopic (exact) mass is 367 g/mol. The predicted molar refractivity (Wildman–Crippen MR) is 110 cm³/mol. The Labute approximate surface area is 160 Å². The van der Waals surface area contributed by atoms with Crippen molar-refractivity contribution in [1.29, 1.82) is 0 Å². The molecule has 2 aromatic heterocycles. The number of aromatic amines is 1. The molecule has 0 fully saturated rings. The molecule has 0 saturated carbocycles. The summed E-state index contributed by atoms with van der Waals surface area (Å²) in [5.74, 6) is 1.79. The number of para-hydroxylation sites is 1. The predicted octanol–water partition coefficient (Wildman–Crippen LogP) is 2.50. The van der Waals surface area contributed by atoms with Crippen molar-refractivity contribution < 1.29 is 0 Å². The smallest absolute Gasteiger partial charge is 0.194 e. The van der Waals surface area contributed by atoms with Crippen LogP contribution in [0.25, 0.3) is 10.9 Å². The molecule has 0 amide bonds. The van der Waals surface area contributed by atoms with Gasteiger partial charge in [-0.15, -0.1) is 0 Å². The minimum atomic E-state index is 0.662. The maximum absolute atomic E-state index is 4.81. The lowest BCUT2D eigenvalue weighted by atomic mass is 10.1. The van der Waals surface area contributed by atoms with Crippen molar-refractivity contribution in [3.63, 3.8) is 0 Å². The van der Waals surface area contributed by atoms with Crippen molar-refractivity contribution in [1.82, 2.24) is 30.0 Å². The number of aryl methyl sites for hydroxylation is 2. The van der Waals surface area contributed by atoms with E-state index in [9.17, 15) is 0 Å². The molecule has 1 aromatic carbocycles. The van der Waals surface area contributed by atoms with Crippen LogP contribution in [-0.4, -0.2) is 50.7 Å². The summed E-state index contributed by atoms with van der Waals surface area (Å²) in [6, 6.07) is 6.52. The van der Waals surface area contributed by atoms with Crippen LogP contribution < -0.4 is 5.32 Å². The van der Waals surface area contributed by atoms with Gasteiger partial charge in [0.15, 0.2) is 5.96 Å². The van der Waals surface area contributed by atoms with Gasteiger partial charge >= 0.3 is 0 Å². The third-order valence-electron chi connectivity index (χ3n) is 4.79. The normalized spacial score (nSPS) is 11.9. The van der Waals surface area contributed by atoms with E-state index >= 15 is 0 Å². The summed E-state index contributed by atoms with van der Waals surface area (Å²) >= 11 is 0. The van der Waals surface area contributed by atoms with E-state index in [0.29, 0.717) is 6.54 Å². The van der Waals surface area contributed by atoms with Crippen molar-refractivity contribution in [3.8, 4) is 0 Å². The molecule has 27 heavy (non-hydrogen) atoms. The molecule has 3 aromatic rings. The largest absolute Gasteiger partial charge is 0.361 e. The number of hydrogen-bond acceptors (Lipinski definition) is 3. The standard InChI is InChI=1S/C20H29N7/c1-5-15-8-7-9-17-16(12-23-19(15)17)10-11-22-20(21-6-2)26(3)13-18-24-14-25-27(18)4/h7-9,12,14,23H,5-6,10-11,13H2,1-4H3,(H,21,22). The zero-order valence-corrected chi connectivity index (χ0v) is 16.7. The number of benzene rings is 1. The van der Waals surface area contributed by atoms with Crippen LogP contribution in [0, 0.1) is 0 Å². The highest BCUT2D eigenvalue weighted by Crippen LogP contribution is 2.22. The Morgan fingerprint density at radius 3 is 2.85 bits per heavy atom. The lowest BCUT2D eigenvalue weighted by molar-refractivity contribution is 0.449. The zero-order valence-electron chi connectivity index (χ0n) is 16.7. The molecule has 0 atom stereocenters. The van der Waals surface area contributed by atoms with Gasteiger partial charge in [0, 0.05) is 44.3 Å². The summed E-state index contributed by atoms with van der Waals surface area (Å²) < 4.78 is 1.79. The highest BCUT2D eigenvalue weighted by molar-refractivity contribution is 5.86. The Morgan fingerprint density at radius 2 is 2.15 bits per heavy atom. The van der Waals surface area contributed by atoms with Gasteiger partial charge in [0.05, 0.1) is 6.54 Å². The van der Waals surface area contributed by atoms with Crippen molar-refractivity contribution in [2.24, 2.45) is 12.0 Å². The average molecular weight is 368 g/mol. The van der Waals surface area contributed by atoms with E-state index in [4.69, 9.17) is 4.99 Å². The van der Waals surface area contributed by atoms with Crippen molar-refractivity contribution in [2.75, 3.05) is 20.1 Å². The van der Waals surface area contributed by atoms with E-state index in [2.05, 4.69) is 63.5 Å².